The first-order chi connectivity index (χ1) is 14.1. The van der Waals surface area contributed by atoms with E-state index in [0.717, 1.165) is 24.8 Å². The SMILES string of the molecule is CC1CC(c2ccccc2)CC(N(CC(O)CO)C(=O)OCc2ccccc2)C1. The molecule has 4 atom stereocenters. The topological polar surface area (TPSA) is 70.0 Å². The Balaban J connectivity index is 1.72. The molecule has 1 aliphatic rings. The molecule has 4 unspecified atom stereocenters. The number of rotatable bonds is 7. The number of hydrogen-bond acceptors (Lipinski definition) is 4. The summed E-state index contributed by atoms with van der Waals surface area (Å²) in [5, 5.41) is 19.4. The van der Waals surface area contributed by atoms with Crippen LogP contribution < -0.4 is 0 Å². The van der Waals surface area contributed by atoms with Gasteiger partial charge in [-0.2, -0.15) is 0 Å². The predicted molar refractivity (Wildman–Crippen MR) is 112 cm³/mol. The van der Waals surface area contributed by atoms with Crippen molar-refractivity contribution in [3.63, 3.8) is 0 Å². The van der Waals surface area contributed by atoms with Crippen molar-refractivity contribution >= 4 is 6.09 Å². The molecule has 2 aromatic carbocycles. The second-order valence-corrected chi connectivity index (χ2v) is 8.10. The summed E-state index contributed by atoms with van der Waals surface area (Å²) in [5.41, 5.74) is 2.20. The monoisotopic (exact) mass is 397 g/mol. The van der Waals surface area contributed by atoms with Gasteiger partial charge in [0.2, 0.25) is 0 Å². The highest BCUT2D eigenvalue weighted by Crippen LogP contribution is 2.38. The van der Waals surface area contributed by atoms with Gasteiger partial charge in [0.15, 0.2) is 0 Å². The summed E-state index contributed by atoms with van der Waals surface area (Å²) in [5.74, 6) is 0.815. The van der Waals surface area contributed by atoms with Crippen LogP contribution in [0.5, 0.6) is 0 Å². The van der Waals surface area contributed by atoms with Gasteiger partial charge in [0, 0.05) is 6.04 Å². The Bertz CT molecular complexity index is 752. The minimum Gasteiger partial charge on any atom is -0.445 e. The zero-order valence-corrected chi connectivity index (χ0v) is 17.0. The van der Waals surface area contributed by atoms with Crippen LogP contribution in [0.4, 0.5) is 4.79 Å². The largest absolute Gasteiger partial charge is 0.445 e. The van der Waals surface area contributed by atoms with Crippen LogP contribution in [0.2, 0.25) is 0 Å². The molecule has 0 aromatic heterocycles. The average molecular weight is 398 g/mol. The second kappa shape index (κ2) is 10.4. The van der Waals surface area contributed by atoms with Gasteiger partial charge in [-0.3, -0.25) is 0 Å². The minimum atomic E-state index is -0.980. The molecule has 0 heterocycles. The summed E-state index contributed by atoms with van der Waals surface area (Å²) in [6.45, 7) is 2.09. The van der Waals surface area contributed by atoms with Crippen LogP contribution in [0.3, 0.4) is 0 Å². The van der Waals surface area contributed by atoms with Gasteiger partial charge in [0.25, 0.3) is 0 Å². The van der Waals surface area contributed by atoms with Crippen molar-refractivity contribution in [3.8, 4) is 0 Å². The van der Waals surface area contributed by atoms with Gasteiger partial charge in [0.05, 0.1) is 19.3 Å². The number of ether oxygens (including phenoxy) is 1. The van der Waals surface area contributed by atoms with Gasteiger partial charge in [-0.15, -0.1) is 0 Å². The molecule has 1 aliphatic carbocycles. The van der Waals surface area contributed by atoms with Crippen molar-refractivity contribution in [2.45, 2.75) is 50.9 Å². The Morgan fingerprint density at radius 2 is 1.72 bits per heavy atom. The van der Waals surface area contributed by atoms with E-state index >= 15 is 0 Å². The molecule has 3 rings (SSSR count). The number of aliphatic hydroxyl groups excluding tert-OH is 2. The van der Waals surface area contributed by atoms with Crippen LogP contribution in [0.1, 0.15) is 43.2 Å². The normalized spacial score (nSPS) is 22.7. The highest BCUT2D eigenvalue weighted by Gasteiger charge is 2.35. The number of carbonyl (C=O) groups is 1. The van der Waals surface area contributed by atoms with E-state index < -0.39 is 12.2 Å². The van der Waals surface area contributed by atoms with E-state index in [1.165, 1.54) is 5.56 Å². The van der Waals surface area contributed by atoms with E-state index in [-0.39, 0.29) is 25.8 Å². The lowest BCUT2D eigenvalue weighted by molar-refractivity contribution is 0.0189. The molecule has 5 nitrogen and oxygen atoms in total. The summed E-state index contributed by atoms with van der Waals surface area (Å²) >= 11 is 0. The summed E-state index contributed by atoms with van der Waals surface area (Å²) in [6.07, 6.45) is 1.35. The van der Waals surface area contributed by atoms with Gasteiger partial charge in [-0.1, -0.05) is 67.6 Å². The molecule has 5 heteroatoms. The van der Waals surface area contributed by atoms with Gasteiger partial charge in [-0.05, 0) is 42.2 Å². The molecule has 1 fully saturated rings. The number of aliphatic hydroxyl groups is 2. The maximum absolute atomic E-state index is 12.9. The predicted octanol–water partition coefficient (Wildman–Crippen LogP) is 3.95. The maximum atomic E-state index is 12.9. The zero-order chi connectivity index (χ0) is 20.6. The van der Waals surface area contributed by atoms with E-state index in [2.05, 4.69) is 19.1 Å². The minimum absolute atomic E-state index is 0.0339. The van der Waals surface area contributed by atoms with Gasteiger partial charge < -0.3 is 19.8 Å². The molecule has 1 amide bonds. The molecule has 156 valence electrons. The smallest absolute Gasteiger partial charge is 0.410 e. The molecule has 1 saturated carbocycles. The quantitative estimate of drug-likeness (QED) is 0.742. The molecule has 2 aromatic rings. The molecule has 2 N–H and O–H groups in total. The Morgan fingerprint density at radius 3 is 2.38 bits per heavy atom. The Kier molecular flexibility index (Phi) is 7.67. The number of nitrogens with zero attached hydrogens (tertiary/aromatic N) is 1. The third-order valence-electron chi connectivity index (χ3n) is 5.69. The fourth-order valence-corrected chi connectivity index (χ4v) is 4.28. The van der Waals surface area contributed by atoms with Crippen LogP contribution in [-0.2, 0) is 11.3 Å². The molecule has 0 radical (unpaired) electrons. The third kappa shape index (κ3) is 6.05. The van der Waals surface area contributed by atoms with Crippen molar-refractivity contribution in [1.82, 2.24) is 4.90 Å². The molecular weight excluding hydrogens is 366 g/mol. The number of benzene rings is 2. The molecular formula is C24H31NO4. The first-order valence-corrected chi connectivity index (χ1v) is 10.4. The summed E-state index contributed by atoms with van der Waals surface area (Å²) < 4.78 is 5.56. The molecule has 29 heavy (non-hydrogen) atoms. The molecule has 0 aliphatic heterocycles. The Labute approximate surface area is 172 Å². The second-order valence-electron chi connectivity index (χ2n) is 8.10. The van der Waals surface area contributed by atoms with Gasteiger partial charge >= 0.3 is 6.09 Å². The molecule has 0 saturated heterocycles. The summed E-state index contributed by atoms with van der Waals surface area (Å²) in [6, 6.07) is 19.9. The zero-order valence-electron chi connectivity index (χ0n) is 17.0. The van der Waals surface area contributed by atoms with E-state index in [1.54, 1.807) is 4.90 Å². The van der Waals surface area contributed by atoms with Gasteiger partial charge in [0.1, 0.15) is 6.61 Å². The number of carbonyl (C=O) groups excluding carboxylic acids is 1. The summed E-state index contributed by atoms with van der Waals surface area (Å²) in [7, 11) is 0. The lowest BCUT2D eigenvalue weighted by atomic mass is 9.76. The fraction of sp³-hybridized carbons (Fsp3) is 0.458. The first kappa shape index (κ1) is 21.3. The van der Waals surface area contributed by atoms with E-state index in [1.807, 2.05) is 48.5 Å². The number of hydrogen-bond donors (Lipinski definition) is 2. The standard InChI is InChI=1S/C24H31NO4/c1-18-12-21(20-10-6-3-7-11-20)14-22(13-18)25(15-23(27)16-26)24(28)29-17-19-8-4-2-5-9-19/h2-11,18,21-23,26-27H,12-17H2,1H3. The maximum Gasteiger partial charge on any atom is 0.410 e. The Hall–Kier alpha value is -2.37. The van der Waals surface area contributed by atoms with Crippen LogP contribution in [-0.4, -0.2) is 46.5 Å². The first-order valence-electron chi connectivity index (χ1n) is 10.4. The van der Waals surface area contributed by atoms with E-state index in [0.29, 0.717) is 11.8 Å². The van der Waals surface area contributed by atoms with Crippen LogP contribution in [0.25, 0.3) is 0 Å². The highest BCUT2D eigenvalue weighted by molar-refractivity contribution is 5.68. The lowest BCUT2D eigenvalue weighted by Gasteiger charge is -2.40. The van der Waals surface area contributed by atoms with Crippen LogP contribution in [0.15, 0.2) is 60.7 Å². The lowest BCUT2D eigenvalue weighted by Crippen LogP contribution is -2.48. The fourth-order valence-electron chi connectivity index (χ4n) is 4.28. The third-order valence-corrected chi connectivity index (χ3v) is 5.69. The summed E-state index contributed by atoms with van der Waals surface area (Å²) in [4.78, 5) is 14.5. The van der Waals surface area contributed by atoms with Gasteiger partial charge in [-0.25, -0.2) is 4.79 Å². The van der Waals surface area contributed by atoms with E-state index in [9.17, 15) is 15.0 Å². The highest BCUT2D eigenvalue weighted by atomic mass is 16.6. The number of amides is 1. The van der Waals surface area contributed by atoms with Crippen LogP contribution in [0, 0.1) is 5.92 Å². The van der Waals surface area contributed by atoms with Crippen molar-refractivity contribution < 1.29 is 19.7 Å². The average Bonchev–Trinajstić information content (AvgIpc) is 2.76. The molecule has 0 bridgehead atoms. The van der Waals surface area contributed by atoms with Crippen molar-refractivity contribution in [3.05, 3.63) is 71.8 Å². The van der Waals surface area contributed by atoms with Crippen molar-refractivity contribution in [1.29, 1.82) is 0 Å². The van der Waals surface area contributed by atoms with Crippen molar-refractivity contribution in [2.75, 3.05) is 13.2 Å². The van der Waals surface area contributed by atoms with Crippen molar-refractivity contribution in [2.24, 2.45) is 5.92 Å². The van der Waals surface area contributed by atoms with Crippen LogP contribution >= 0.6 is 0 Å². The van der Waals surface area contributed by atoms with E-state index in [4.69, 9.17) is 4.74 Å². The molecule has 0 spiro atoms. The Morgan fingerprint density at radius 1 is 1.07 bits per heavy atom.